The molecule has 3 aromatic heterocycles. The number of phenols is 1. The van der Waals surface area contributed by atoms with Gasteiger partial charge >= 0.3 is 0 Å². The van der Waals surface area contributed by atoms with Crippen LogP contribution in [0.15, 0.2) is 53.3 Å². The van der Waals surface area contributed by atoms with E-state index in [1.807, 2.05) is 0 Å². The molecule has 0 aliphatic heterocycles. The zero-order valence-corrected chi connectivity index (χ0v) is 16.6. The number of hydrogen-bond acceptors (Lipinski definition) is 6. The smallest absolute Gasteiger partial charge is 0.271 e. The topological polar surface area (TPSA) is 135 Å². The Kier molecular flexibility index (Phi) is 3.93. The van der Waals surface area contributed by atoms with Crippen LogP contribution in [-0.4, -0.2) is 35.5 Å². The Morgan fingerprint density at radius 3 is 2.64 bits per heavy atom. The molecular formula is C22H13F2N7O2. The van der Waals surface area contributed by atoms with Gasteiger partial charge in [0.1, 0.15) is 22.9 Å². The first-order valence-electron chi connectivity index (χ1n) is 9.78. The van der Waals surface area contributed by atoms with Gasteiger partial charge in [-0.15, -0.1) is 0 Å². The molecule has 162 valence electrons. The lowest BCUT2D eigenvalue weighted by molar-refractivity contribution is 0.477. The second-order valence-corrected chi connectivity index (χ2v) is 7.41. The third-order valence-electron chi connectivity index (χ3n) is 5.36. The number of aromatic amines is 3. The number of para-hydroxylation sites is 1. The molecule has 3 aromatic carbocycles. The monoisotopic (exact) mass is 445 g/mol. The second kappa shape index (κ2) is 6.85. The van der Waals surface area contributed by atoms with Crippen molar-refractivity contribution in [2.45, 2.75) is 0 Å². The minimum absolute atomic E-state index is 0.0484. The van der Waals surface area contributed by atoms with Crippen LogP contribution in [0.3, 0.4) is 0 Å². The maximum atomic E-state index is 14.1. The molecule has 0 aliphatic rings. The Morgan fingerprint density at radius 2 is 1.76 bits per heavy atom. The van der Waals surface area contributed by atoms with Crippen molar-refractivity contribution in [3.63, 3.8) is 0 Å². The van der Waals surface area contributed by atoms with Crippen LogP contribution >= 0.6 is 0 Å². The van der Waals surface area contributed by atoms with E-state index in [1.165, 1.54) is 12.1 Å². The van der Waals surface area contributed by atoms with Crippen LogP contribution in [0.25, 0.3) is 44.1 Å². The molecule has 11 heteroatoms. The molecule has 0 amide bonds. The van der Waals surface area contributed by atoms with Crippen LogP contribution in [0.5, 0.6) is 5.75 Å². The summed E-state index contributed by atoms with van der Waals surface area (Å²) in [6.07, 6.45) is 0. The van der Waals surface area contributed by atoms with Crippen molar-refractivity contribution in [3.8, 4) is 17.1 Å². The van der Waals surface area contributed by atoms with Crippen LogP contribution in [0, 0.1) is 11.6 Å². The summed E-state index contributed by atoms with van der Waals surface area (Å²) in [5.74, 6) is -1.03. The van der Waals surface area contributed by atoms with Gasteiger partial charge in [-0.2, -0.15) is 5.10 Å². The van der Waals surface area contributed by atoms with Crippen molar-refractivity contribution >= 4 is 44.3 Å². The number of fused-ring (bicyclic) bond motifs is 3. The molecule has 0 spiro atoms. The quantitative estimate of drug-likeness (QED) is 0.279. The predicted octanol–water partition coefficient (Wildman–Crippen LogP) is 4.07. The van der Waals surface area contributed by atoms with Gasteiger partial charge in [0.15, 0.2) is 17.5 Å². The molecule has 0 bridgehead atoms. The third-order valence-corrected chi connectivity index (χ3v) is 5.36. The largest absolute Gasteiger partial charge is 0.507 e. The van der Waals surface area contributed by atoms with E-state index in [0.717, 1.165) is 12.1 Å². The Bertz CT molecular complexity index is 1770. The van der Waals surface area contributed by atoms with E-state index in [9.17, 15) is 18.7 Å². The highest BCUT2D eigenvalue weighted by atomic mass is 19.1. The molecule has 0 radical (unpaired) electrons. The Hall–Kier alpha value is -4.80. The highest BCUT2D eigenvalue weighted by Crippen LogP contribution is 2.34. The summed E-state index contributed by atoms with van der Waals surface area (Å²) in [4.78, 5) is 21.1. The molecule has 9 nitrogen and oxygen atoms in total. The molecule has 0 fully saturated rings. The number of aromatic hydroxyl groups is 1. The number of hydrogen-bond donors (Lipinski definition) is 5. The number of aromatic nitrogens is 6. The van der Waals surface area contributed by atoms with E-state index in [0.29, 0.717) is 27.6 Å². The maximum Gasteiger partial charge on any atom is 0.271 e. The Labute approximate surface area is 182 Å². The van der Waals surface area contributed by atoms with Crippen molar-refractivity contribution in [3.05, 3.63) is 70.5 Å². The molecule has 0 saturated carbocycles. The van der Waals surface area contributed by atoms with Gasteiger partial charge in [-0.1, -0.05) is 12.1 Å². The molecule has 6 rings (SSSR count). The standard InChI is InChI=1S/C22H13F2N7O2/c23-9-5-13-18(14(24)6-9)29-30-21(13)27-19-10-3-1-2-4-15(10)25-20(26-19)12-7-11-16(8-17(12)32)28-31-22(11)33/h1-8,32H,(H2,28,31,33)(H2,25,26,27,29,30). The van der Waals surface area contributed by atoms with Crippen LogP contribution in [-0.2, 0) is 0 Å². The summed E-state index contributed by atoms with van der Waals surface area (Å²) < 4.78 is 27.9. The zero-order valence-electron chi connectivity index (χ0n) is 16.6. The van der Waals surface area contributed by atoms with Crippen molar-refractivity contribution in [2.75, 3.05) is 5.32 Å². The molecule has 3 heterocycles. The summed E-state index contributed by atoms with van der Waals surface area (Å²) in [6.45, 7) is 0. The average molecular weight is 445 g/mol. The van der Waals surface area contributed by atoms with Gasteiger partial charge in [-0.05, 0) is 24.3 Å². The molecule has 0 atom stereocenters. The summed E-state index contributed by atoms with van der Waals surface area (Å²) in [6, 6.07) is 11.9. The minimum Gasteiger partial charge on any atom is -0.507 e. The number of rotatable bonds is 3. The maximum absolute atomic E-state index is 14.1. The van der Waals surface area contributed by atoms with Crippen molar-refractivity contribution < 1.29 is 13.9 Å². The highest BCUT2D eigenvalue weighted by molar-refractivity contribution is 5.97. The van der Waals surface area contributed by atoms with Gasteiger partial charge in [0.2, 0.25) is 0 Å². The zero-order chi connectivity index (χ0) is 22.7. The van der Waals surface area contributed by atoms with E-state index < -0.39 is 11.6 Å². The van der Waals surface area contributed by atoms with Gasteiger partial charge < -0.3 is 10.4 Å². The number of nitrogens with zero attached hydrogens (tertiary/aromatic N) is 3. The van der Waals surface area contributed by atoms with Crippen LogP contribution in [0.2, 0.25) is 0 Å². The summed E-state index contributed by atoms with van der Waals surface area (Å²) in [5.41, 5.74) is 0.923. The number of anilines is 2. The molecule has 33 heavy (non-hydrogen) atoms. The van der Waals surface area contributed by atoms with Crippen LogP contribution in [0.1, 0.15) is 0 Å². The fourth-order valence-electron chi connectivity index (χ4n) is 3.80. The first-order valence-corrected chi connectivity index (χ1v) is 9.78. The van der Waals surface area contributed by atoms with E-state index >= 15 is 0 Å². The predicted molar refractivity (Wildman–Crippen MR) is 118 cm³/mol. The van der Waals surface area contributed by atoms with Gasteiger partial charge in [0.25, 0.3) is 5.56 Å². The summed E-state index contributed by atoms with van der Waals surface area (Å²) in [7, 11) is 0. The van der Waals surface area contributed by atoms with Gasteiger partial charge in [0.05, 0.1) is 27.4 Å². The Morgan fingerprint density at radius 1 is 0.909 bits per heavy atom. The molecule has 5 N–H and O–H groups in total. The first-order chi connectivity index (χ1) is 16.0. The minimum atomic E-state index is -0.770. The Balaban J connectivity index is 1.56. The number of nitrogens with one attached hydrogen (secondary N) is 4. The average Bonchev–Trinajstić information content (AvgIpc) is 3.36. The van der Waals surface area contributed by atoms with Crippen LogP contribution in [0.4, 0.5) is 20.4 Å². The van der Waals surface area contributed by atoms with E-state index in [-0.39, 0.29) is 39.4 Å². The molecular weight excluding hydrogens is 432 g/mol. The van der Waals surface area contributed by atoms with Gasteiger partial charge in [-0.25, -0.2) is 18.7 Å². The number of H-pyrrole nitrogens is 3. The van der Waals surface area contributed by atoms with Crippen LogP contribution < -0.4 is 10.9 Å². The molecule has 0 aliphatic carbocycles. The third kappa shape index (κ3) is 2.97. The van der Waals surface area contributed by atoms with E-state index in [2.05, 4.69) is 35.7 Å². The van der Waals surface area contributed by atoms with E-state index in [1.54, 1.807) is 24.3 Å². The lowest BCUT2D eigenvalue weighted by Crippen LogP contribution is -2.01. The van der Waals surface area contributed by atoms with Gasteiger partial charge in [0, 0.05) is 17.5 Å². The second-order valence-electron chi connectivity index (χ2n) is 7.41. The summed E-state index contributed by atoms with van der Waals surface area (Å²) in [5, 5.41) is 26.5. The van der Waals surface area contributed by atoms with Crippen molar-refractivity contribution in [2.24, 2.45) is 0 Å². The van der Waals surface area contributed by atoms with E-state index in [4.69, 9.17) is 0 Å². The van der Waals surface area contributed by atoms with Crippen molar-refractivity contribution in [1.82, 2.24) is 30.4 Å². The molecule has 0 saturated heterocycles. The summed E-state index contributed by atoms with van der Waals surface area (Å²) >= 11 is 0. The number of phenolic OH excluding ortho intramolecular Hbond substituents is 1. The normalized spacial score (nSPS) is 11.6. The van der Waals surface area contributed by atoms with Gasteiger partial charge in [-0.3, -0.25) is 20.1 Å². The van der Waals surface area contributed by atoms with Crippen molar-refractivity contribution in [1.29, 1.82) is 0 Å². The lowest BCUT2D eigenvalue weighted by atomic mass is 10.1. The fourth-order valence-corrected chi connectivity index (χ4v) is 3.80. The SMILES string of the molecule is O=c1[nH][nH]c2cc(O)c(-c3nc(Nc4n[nH]c5c(F)cc(F)cc45)c4ccccc4n3)cc12. The first kappa shape index (κ1) is 18.9. The number of halogens is 2. The fraction of sp³-hybridized carbons (Fsp3) is 0. The molecule has 6 aromatic rings. The molecule has 0 unspecified atom stereocenters. The lowest BCUT2D eigenvalue weighted by Gasteiger charge is -2.11. The highest BCUT2D eigenvalue weighted by Gasteiger charge is 2.17. The number of benzene rings is 3.